The van der Waals surface area contributed by atoms with Gasteiger partial charge in [-0.2, -0.15) is 5.10 Å². The Bertz CT molecular complexity index is 507. The van der Waals surface area contributed by atoms with Crippen molar-refractivity contribution < 1.29 is 9.18 Å². The number of aryl methyl sites for hydroxylation is 1. The molecule has 0 atom stereocenters. The predicted octanol–water partition coefficient (Wildman–Crippen LogP) is 1.19. The van der Waals surface area contributed by atoms with Gasteiger partial charge in [-0.25, -0.2) is 9.37 Å². The molecule has 0 fully saturated rings. The molecule has 0 amide bonds. The van der Waals surface area contributed by atoms with E-state index >= 15 is 0 Å². The average Bonchev–Trinajstić information content (AvgIpc) is 2.65. The number of carbonyl (C=O) groups is 1. The maximum atomic E-state index is 13.2. The smallest absolute Gasteiger partial charge is 0.234 e. The van der Waals surface area contributed by atoms with Crippen LogP contribution in [0.1, 0.15) is 16.2 Å². The molecule has 76 valence electrons. The third-order valence-electron chi connectivity index (χ3n) is 1.92. The molecule has 0 radical (unpaired) electrons. The maximum Gasteiger partial charge on any atom is 0.234 e. The molecule has 5 heteroatoms. The molecule has 15 heavy (non-hydrogen) atoms. The van der Waals surface area contributed by atoms with Crippen molar-refractivity contribution in [3.8, 4) is 0 Å². The van der Waals surface area contributed by atoms with Crippen LogP contribution in [0, 0.1) is 5.82 Å². The van der Waals surface area contributed by atoms with Crippen molar-refractivity contribution in [2.45, 2.75) is 0 Å². The Kier molecular flexibility index (Phi) is 2.29. The van der Waals surface area contributed by atoms with Gasteiger partial charge in [0.25, 0.3) is 0 Å². The zero-order valence-electron chi connectivity index (χ0n) is 8.01. The van der Waals surface area contributed by atoms with E-state index in [1.807, 2.05) is 0 Å². The minimum atomic E-state index is -0.631. The van der Waals surface area contributed by atoms with Crippen LogP contribution in [-0.2, 0) is 7.05 Å². The molecule has 2 aromatic rings. The normalized spacial score (nSPS) is 10.3. The van der Waals surface area contributed by atoms with Crippen molar-refractivity contribution in [3.05, 3.63) is 47.8 Å². The van der Waals surface area contributed by atoms with E-state index in [1.54, 1.807) is 13.2 Å². The van der Waals surface area contributed by atoms with E-state index in [0.717, 1.165) is 0 Å². The van der Waals surface area contributed by atoms with E-state index in [0.29, 0.717) is 0 Å². The Morgan fingerprint density at radius 2 is 2.27 bits per heavy atom. The van der Waals surface area contributed by atoms with Crippen molar-refractivity contribution in [2.24, 2.45) is 7.05 Å². The van der Waals surface area contributed by atoms with Gasteiger partial charge in [0.05, 0.1) is 0 Å². The van der Waals surface area contributed by atoms with Crippen LogP contribution < -0.4 is 0 Å². The van der Waals surface area contributed by atoms with Crippen molar-refractivity contribution in [1.29, 1.82) is 0 Å². The molecule has 2 aromatic heterocycles. The molecule has 0 aliphatic heterocycles. The molecule has 0 aliphatic rings. The Labute approximate surface area is 85.4 Å². The minimum absolute atomic E-state index is 0.190. The number of aromatic nitrogens is 3. The van der Waals surface area contributed by atoms with Gasteiger partial charge in [-0.05, 0) is 18.2 Å². The highest BCUT2D eigenvalue weighted by Crippen LogP contribution is 2.08. The monoisotopic (exact) mass is 205 g/mol. The molecule has 0 aromatic carbocycles. The second kappa shape index (κ2) is 3.61. The zero-order valence-corrected chi connectivity index (χ0v) is 8.01. The molecule has 0 unspecified atom stereocenters. The van der Waals surface area contributed by atoms with Gasteiger partial charge < -0.3 is 0 Å². The summed E-state index contributed by atoms with van der Waals surface area (Å²) in [6.07, 6.45) is 2.99. The lowest BCUT2D eigenvalue weighted by atomic mass is 10.2. The Morgan fingerprint density at radius 3 is 2.87 bits per heavy atom. The summed E-state index contributed by atoms with van der Waals surface area (Å²) in [5.41, 5.74) is -0.00806. The highest BCUT2D eigenvalue weighted by molar-refractivity contribution is 6.06. The third-order valence-corrected chi connectivity index (χ3v) is 1.92. The topological polar surface area (TPSA) is 47.8 Å². The van der Waals surface area contributed by atoms with E-state index in [2.05, 4.69) is 10.1 Å². The molecule has 0 N–H and O–H groups in total. The number of nitrogens with zero attached hydrogens (tertiary/aromatic N) is 3. The standard InChI is InChI=1S/C10H8FN3O/c1-14-6-4-8(13-14)10(15)9-7(11)3-2-5-12-9/h2-6H,1H3. The van der Waals surface area contributed by atoms with E-state index in [-0.39, 0.29) is 11.4 Å². The van der Waals surface area contributed by atoms with Crippen LogP contribution in [0.2, 0.25) is 0 Å². The summed E-state index contributed by atoms with van der Waals surface area (Å²) in [5, 5.41) is 3.89. The number of hydrogen-bond donors (Lipinski definition) is 0. The molecular weight excluding hydrogens is 197 g/mol. The second-order valence-corrected chi connectivity index (χ2v) is 3.04. The third kappa shape index (κ3) is 1.76. The molecule has 0 saturated carbocycles. The van der Waals surface area contributed by atoms with Gasteiger partial charge in [0.1, 0.15) is 11.4 Å². The van der Waals surface area contributed by atoms with Gasteiger partial charge in [0.15, 0.2) is 5.82 Å². The van der Waals surface area contributed by atoms with Crippen LogP contribution in [0.25, 0.3) is 0 Å². The summed E-state index contributed by atoms with van der Waals surface area (Å²) >= 11 is 0. The van der Waals surface area contributed by atoms with Crippen LogP contribution in [0.15, 0.2) is 30.6 Å². The molecule has 0 aliphatic carbocycles. The molecule has 0 spiro atoms. The molecule has 2 heterocycles. The number of carbonyl (C=O) groups excluding carboxylic acids is 1. The Morgan fingerprint density at radius 1 is 1.47 bits per heavy atom. The lowest BCUT2D eigenvalue weighted by Crippen LogP contribution is -2.08. The number of halogens is 1. The zero-order chi connectivity index (χ0) is 10.8. The van der Waals surface area contributed by atoms with Crippen molar-refractivity contribution in [3.63, 3.8) is 0 Å². The number of pyridine rings is 1. The molecule has 0 bridgehead atoms. The number of hydrogen-bond acceptors (Lipinski definition) is 3. The second-order valence-electron chi connectivity index (χ2n) is 3.04. The van der Waals surface area contributed by atoms with Gasteiger partial charge in [-0.1, -0.05) is 0 Å². The first kappa shape index (κ1) is 9.51. The van der Waals surface area contributed by atoms with E-state index < -0.39 is 11.6 Å². The van der Waals surface area contributed by atoms with E-state index in [4.69, 9.17) is 0 Å². The van der Waals surface area contributed by atoms with Crippen LogP contribution in [-0.4, -0.2) is 20.5 Å². The molecule has 4 nitrogen and oxygen atoms in total. The van der Waals surface area contributed by atoms with Gasteiger partial charge in [-0.3, -0.25) is 9.48 Å². The van der Waals surface area contributed by atoms with Gasteiger partial charge in [-0.15, -0.1) is 0 Å². The fraction of sp³-hybridized carbons (Fsp3) is 0.100. The highest BCUT2D eigenvalue weighted by atomic mass is 19.1. The highest BCUT2D eigenvalue weighted by Gasteiger charge is 2.16. The van der Waals surface area contributed by atoms with Crippen LogP contribution in [0.3, 0.4) is 0 Å². The molecule has 0 saturated heterocycles. The lowest BCUT2D eigenvalue weighted by Gasteiger charge is -1.97. The molecule has 2 rings (SSSR count). The van der Waals surface area contributed by atoms with Crippen molar-refractivity contribution in [1.82, 2.24) is 14.8 Å². The largest absolute Gasteiger partial charge is 0.285 e. The Hall–Kier alpha value is -2.04. The lowest BCUT2D eigenvalue weighted by molar-refractivity contribution is 0.102. The van der Waals surface area contributed by atoms with Crippen LogP contribution in [0.4, 0.5) is 4.39 Å². The quantitative estimate of drug-likeness (QED) is 0.692. The first-order valence-corrected chi connectivity index (χ1v) is 4.33. The summed E-state index contributed by atoms with van der Waals surface area (Å²) in [6, 6.07) is 4.16. The number of rotatable bonds is 2. The SMILES string of the molecule is Cn1ccc(C(=O)c2ncccc2F)n1. The fourth-order valence-corrected chi connectivity index (χ4v) is 1.21. The first-order chi connectivity index (χ1) is 7.18. The summed E-state index contributed by atoms with van der Waals surface area (Å²) in [4.78, 5) is 15.4. The predicted molar refractivity (Wildman–Crippen MR) is 50.8 cm³/mol. The maximum absolute atomic E-state index is 13.2. The average molecular weight is 205 g/mol. The summed E-state index contributed by atoms with van der Waals surface area (Å²) in [7, 11) is 1.69. The van der Waals surface area contributed by atoms with Gasteiger partial charge in [0.2, 0.25) is 5.78 Å². The van der Waals surface area contributed by atoms with E-state index in [9.17, 15) is 9.18 Å². The number of ketones is 1. The van der Waals surface area contributed by atoms with Crippen LogP contribution in [0.5, 0.6) is 0 Å². The Balaban J connectivity index is 2.41. The fourth-order valence-electron chi connectivity index (χ4n) is 1.21. The molecular formula is C10H8FN3O. The van der Waals surface area contributed by atoms with Crippen molar-refractivity contribution in [2.75, 3.05) is 0 Å². The first-order valence-electron chi connectivity index (χ1n) is 4.33. The van der Waals surface area contributed by atoms with E-state index in [1.165, 1.54) is 29.1 Å². The van der Waals surface area contributed by atoms with Gasteiger partial charge >= 0.3 is 0 Å². The summed E-state index contributed by atoms with van der Waals surface area (Å²) in [5.74, 6) is -1.14. The summed E-state index contributed by atoms with van der Waals surface area (Å²) in [6.45, 7) is 0. The minimum Gasteiger partial charge on any atom is -0.285 e. The van der Waals surface area contributed by atoms with Crippen molar-refractivity contribution >= 4 is 5.78 Å². The van der Waals surface area contributed by atoms with Gasteiger partial charge in [0, 0.05) is 19.4 Å². The summed E-state index contributed by atoms with van der Waals surface area (Å²) < 4.78 is 14.7. The van der Waals surface area contributed by atoms with Crippen LogP contribution >= 0.6 is 0 Å².